The quantitative estimate of drug-likeness (QED) is 0.848. The Morgan fingerprint density at radius 3 is 2.37 bits per heavy atom. The molecule has 1 heterocycles. The van der Waals surface area contributed by atoms with E-state index in [-0.39, 0.29) is 17.9 Å². The number of methoxy groups -OCH3 is 1. The van der Waals surface area contributed by atoms with E-state index in [0.29, 0.717) is 5.92 Å². The molecule has 2 amide bonds. The van der Waals surface area contributed by atoms with Crippen LogP contribution in [0.25, 0.3) is 0 Å². The Morgan fingerprint density at radius 2 is 1.79 bits per heavy atom. The lowest BCUT2D eigenvalue weighted by Crippen LogP contribution is -2.42. The predicted molar refractivity (Wildman–Crippen MR) is 71.7 cm³/mol. The van der Waals surface area contributed by atoms with Crippen molar-refractivity contribution >= 4 is 12.0 Å². The fourth-order valence-corrected chi connectivity index (χ4v) is 3.03. The second kappa shape index (κ2) is 6.78. The summed E-state index contributed by atoms with van der Waals surface area (Å²) in [4.78, 5) is 25.0. The molecule has 0 spiro atoms. The van der Waals surface area contributed by atoms with E-state index in [0.717, 1.165) is 45.3 Å². The van der Waals surface area contributed by atoms with Gasteiger partial charge in [-0.25, -0.2) is 4.79 Å². The molecule has 2 rings (SSSR count). The Bertz CT molecular complexity index is 319. The van der Waals surface area contributed by atoms with Gasteiger partial charge >= 0.3 is 6.09 Å². The number of hydrogen-bond donors (Lipinski definition) is 1. The average Bonchev–Trinajstić information content (AvgIpc) is 2.98. The van der Waals surface area contributed by atoms with Gasteiger partial charge in [-0.15, -0.1) is 0 Å². The highest BCUT2D eigenvalue weighted by Gasteiger charge is 2.26. The van der Waals surface area contributed by atoms with Crippen LogP contribution >= 0.6 is 0 Å². The van der Waals surface area contributed by atoms with Gasteiger partial charge in [0.1, 0.15) is 0 Å². The van der Waals surface area contributed by atoms with E-state index in [1.165, 1.54) is 20.0 Å². The van der Waals surface area contributed by atoms with Crippen LogP contribution in [0.15, 0.2) is 0 Å². The van der Waals surface area contributed by atoms with Gasteiger partial charge < -0.3 is 15.0 Å². The van der Waals surface area contributed by atoms with E-state index >= 15 is 0 Å². The number of amides is 2. The van der Waals surface area contributed by atoms with Crippen LogP contribution in [-0.2, 0) is 9.53 Å². The van der Waals surface area contributed by atoms with Gasteiger partial charge in [-0.1, -0.05) is 12.8 Å². The van der Waals surface area contributed by atoms with Gasteiger partial charge in [-0.2, -0.15) is 0 Å². The molecule has 0 aromatic heterocycles. The fourth-order valence-electron chi connectivity index (χ4n) is 3.03. The normalized spacial score (nSPS) is 21.4. The molecule has 1 N–H and O–H groups in total. The van der Waals surface area contributed by atoms with Crippen molar-refractivity contribution in [2.24, 2.45) is 11.8 Å². The molecule has 1 aliphatic carbocycles. The third-order valence-corrected chi connectivity index (χ3v) is 4.34. The molecule has 1 saturated heterocycles. The van der Waals surface area contributed by atoms with Gasteiger partial charge in [-0.05, 0) is 31.6 Å². The van der Waals surface area contributed by atoms with Crippen LogP contribution in [0.2, 0.25) is 0 Å². The first kappa shape index (κ1) is 14.2. The summed E-state index contributed by atoms with van der Waals surface area (Å²) in [6.07, 6.45) is 6.12. The summed E-state index contributed by atoms with van der Waals surface area (Å²) < 4.78 is 4.71. The molecule has 5 nitrogen and oxygen atoms in total. The largest absolute Gasteiger partial charge is 0.453 e. The van der Waals surface area contributed by atoms with Gasteiger partial charge in [0.2, 0.25) is 5.91 Å². The van der Waals surface area contributed by atoms with Crippen molar-refractivity contribution in [2.75, 3.05) is 26.7 Å². The second-order valence-electron chi connectivity index (χ2n) is 5.63. The number of likely N-dealkylation sites (tertiary alicyclic amines) is 1. The fraction of sp³-hybridized carbons (Fsp3) is 0.857. The molecule has 5 heteroatoms. The van der Waals surface area contributed by atoms with Crippen LogP contribution in [-0.4, -0.2) is 43.6 Å². The van der Waals surface area contributed by atoms with Gasteiger partial charge in [0.15, 0.2) is 0 Å². The van der Waals surface area contributed by atoms with Gasteiger partial charge in [-0.3, -0.25) is 4.79 Å². The van der Waals surface area contributed by atoms with Gasteiger partial charge in [0.25, 0.3) is 0 Å². The van der Waals surface area contributed by atoms with Crippen molar-refractivity contribution in [3.8, 4) is 0 Å². The smallest absolute Gasteiger partial charge is 0.409 e. The van der Waals surface area contributed by atoms with E-state index in [9.17, 15) is 9.59 Å². The molecular formula is C14H24N2O3. The van der Waals surface area contributed by atoms with Crippen LogP contribution in [0.3, 0.4) is 0 Å². The second-order valence-corrected chi connectivity index (χ2v) is 5.63. The lowest BCUT2D eigenvalue weighted by atomic mass is 9.96. The lowest BCUT2D eigenvalue weighted by Gasteiger charge is -2.31. The summed E-state index contributed by atoms with van der Waals surface area (Å²) in [5.41, 5.74) is 0. The Morgan fingerprint density at radius 1 is 1.16 bits per heavy atom. The first-order valence-corrected chi connectivity index (χ1v) is 7.31. The van der Waals surface area contributed by atoms with Gasteiger partial charge in [0.05, 0.1) is 7.11 Å². The highest BCUT2D eigenvalue weighted by molar-refractivity contribution is 5.78. The summed E-state index contributed by atoms with van der Waals surface area (Å²) in [5, 5.41) is 3.08. The third kappa shape index (κ3) is 3.85. The first-order valence-electron chi connectivity index (χ1n) is 7.31. The van der Waals surface area contributed by atoms with Crippen LogP contribution in [0.1, 0.15) is 38.5 Å². The Hall–Kier alpha value is -1.26. The zero-order valence-corrected chi connectivity index (χ0v) is 11.7. The van der Waals surface area contributed by atoms with Crippen LogP contribution in [0.4, 0.5) is 4.79 Å². The summed E-state index contributed by atoms with van der Waals surface area (Å²) >= 11 is 0. The number of rotatable bonds is 3. The maximum absolute atomic E-state index is 11.9. The van der Waals surface area contributed by atoms with Crippen molar-refractivity contribution in [3.63, 3.8) is 0 Å². The number of piperidine rings is 1. The lowest BCUT2D eigenvalue weighted by molar-refractivity contribution is -0.125. The molecule has 0 aromatic rings. The van der Waals surface area contributed by atoms with E-state index in [1.54, 1.807) is 4.90 Å². The zero-order chi connectivity index (χ0) is 13.7. The molecule has 0 atom stereocenters. The molecular weight excluding hydrogens is 244 g/mol. The Balaban J connectivity index is 1.65. The van der Waals surface area contributed by atoms with Crippen molar-refractivity contribution in [1.82, 2.24) is 10.2 Å². The maximum Gasteiger partial charge on any atom is 0.409 e. The van der Waals surface area contributed by atoms with Crippen molar-refractivity contribution < 1.29 is 14.3 Å². The molecule has 0 radical (unpaired) electrons. The molecule has 1 saturated carbocycles. The monoisotopic (exact) mass is 268 g/mol. The number of hydrogen-bond acceptors (Lipinski definition) is 3. The van der Waals surface area contributed by atoms with Crippen molar-refractivity contribution in [1.29, 1.82) is 0 Å². The molecule has 0 aromatic carbocycles. The molecule has 2 aliphatic rings. The van der Waals surface area contributed by atoms with E-state index in [1.807, 2.05) is 0 Å². The van der Waals surface area contributed by atoms with E-state index in [2.05, 4.69) is 5.32 Å². The Kier molecular flexibility index (Phi) is 5.05. The van der Waals surface area contributed by atoms with Crippen LogP contribution < -0.4 is 5.32 Å². The maximum atomic E-state index is 11.9. The number of nitrogens with one attached hydrogen (secondary N) is 1. The van der Waals surface area contributed by atoms with Crippen molar-refractivity contribution in [3.05, 3.63) is 0 Å². The predicted octanol–water partition coefficient (Wildman–Crippen LogP) is 1.77. The number of carbonyl (C=O) groups excluding carboxylic acids is 2. The van der Waals surface area contributed by atoms with Crippen molar-refractivity contribution in [2.45, 2.75) is 38.5 Å². The van der Waals surface area contributed by atoms with Gasteiger partial charge in [0, 0.05) is 25.6 Å². The summed E-state index contributed by atoms with van der Waals surface area (Å²) in [6.45, 7) is 2.22. The summed E-state index contributed by atoms with van der Waals surface area (Å²) in [6, 6.07) is 0. The minimum Gasteiger partial charge on any atom is -0.453 e. The Labute approximate surface area is 114 Å². The van der Waals surface area contributed by atoms with Crippen LogP contribution in [0.5, 0.6) is 0 Å². The molecule has 1 aliphatic heterocycles. The molecule has 0 bridgehead atoms. The molecule has 19 heavy (non-hydrogen) atoms. The molecule has 0 unspecified atom stereocenters. The third-order valence-electron chi connectivity index (χ3n) is 4.34. The highest BCUT2D eigenvalue weighted by Crippen LogP contribution is 2.25. The highest BCUT2D eigenvalue weighted by atomic mass is 16.5. The topological polar surface area (TPSA) is 58.6 Å². The van der Waals surface area contributed by atoms with Crippen LogP contribution in [0, 0.1) is 11.8 Å². The number of nitrogens with zero attached hydrogens (tertiary/aromatic N) is 1. The first-order chi connectivity index (χ1) is 9.20. The summed E-state index contributed by atoms with van der Waals surface area (Å²) in [7, 11) is 1.41. The number of carbonyl (C=O) groups is 2. The minimum atomic E-state index is -0.242. The van der Waals surface area contributed by atoms with E-state index < -0.39 is 0 Å². The molecule has 2 fully saturated rings. The zero-order valence-electron chi connectivity index (χ0n) is 11.7. The average molecular weight is 268 g/mol. The van der Waals surface area contributed by atoms with E-state index in [4.69, 9.17) is 4.74 Å². The number of ether oxygens (including phenoxy) is 1. The molecule has 108 valence electrons. The minimum absolute atomic E-state index is 0.230. The summed E-state index contributed by atoms with van der Waals surface area (Å²) in [5.74, 6) is 0.967. The SMILES string of the molecule is COC(=O)N1CCC(CNC(=O)C2CCCC2)CC1. The standard InChI is InChI=1S/C14H24N2O3/c1-19-14(18)16-8-6-11(7-9-16)10-15-13(17)12-4-2-3-5-12/h11-12H,2-10H2,1H3,(H,15,17).